The second kappa shape index (κ2) is 6.14. The SMILES string of the molecule is C[C@H]1OCCN[C@@H]1C(=O)NCC1=CCNCC1. The molecule has 0 unspecified atom stereocenters. The summed E-state index contributed by atoms with van der Waals surface area (Å²) in [5.41, 5.74) is 1.31. The van der Waals surface area contributed by atoms with Crippen molar-refractivity contribution in [3.63, 3.8) is 0 Å². The van der Waals surface area contributed by atoms with Crippen molar-refractivity contribution in [3.05, 3.63) is 11.6 Å². The molecule has 0 aliphatic carbocycles. The van der Waals surface area contributed by atoms with Gasteiger partial charge < -0.3 is 20.7 Å². The molecule has 1 fully saturated rings. The fraction of sp³-hybridized carbons (Fsp3) is 0.750. The third-order valence-electron chi connectivity index (χ3n) is 3.25. The zero-order chi connectivity index (χ0) is 12.1. The summed E-state index contributed by atoms with van der Waals surface area (Å²) in [7, 11) is 0. The first-order chi connectivity index (χ1) is 8.27. The molecule has 17 heavy (non-hydrogen) atoms. The van der Waals surface area contributed by atoms with E-state index in [2.05, 4.69) is 22.0 Å². The van der Waals surface area contributed by atoms with Gasteiger partial charge in [-0.05, 0) is 19.9 Å². The van der Waals surface area contributed by atoms with Gasteiger partial charge in [-0.3, -0.25) is 4.79 Å². The molecular formula is C12H21N3O2. The molecule has 0 aromatic rings. The largest absolute Gasteiger partial charge is 0.375 e. The average Bonchev–Trinajstić information content (AvgIpc) is 2.38. The number of nitrogens with one attached hydrogen (secondary N) is 3. The van der Waals surface area contributed by atoms with Crippen molar-refractivity contribution in [3.8, 4) is 0 Å². The molecule has 5 heteroatoms. The Hall–Kier alpha value is -0.910. The molecule has 0 spiro atoms. The smallest absolute Gasteiger partial charge is 0.240 e. The van der Waals surface area contributed by atoms with Gasteiger partial charge in [-0.25, -0.2) is 0 Å². The number of morpholine rings is 1. The predicted molar refractivity (Wildman–Crippen MR) is 65.8 cm³/mol. The van der Waals surface area contributed by atoms with E-state index in [1.165, 1.54) is 5.57 Å². The van der Waals surface area contributed by atoms with Gasteiger partial charge in [-0.15, -0.1) is 0 Å². The van der Waals surface area contributed by atoms with Gasteiger partial charge in [0.25, 0.3) is 0 Å². The molecular weight excluding hydrogens is 218 g/mol. The Morgan fingerprint density at radius 2 is 2.47 bits per heavy atom. The number of ether oxygens (including phenoxy) is 1. The van der Waals surface area contributed by atoms with E-state index in [-0.39, 0.29) is 18.1 Å². The molecule has 0 aromatic heterocycles. The number of carbonyl (C=O) groups excluding carboxylic acids is 1. The molecule has 0 bridgehead atoms. The van der Waals surface area contributed by atoms with Crippen LogP contribution >= 0.6 is 0 Å². The molecule has 5 nitrogen and oxygen atoms in total. The van der Waals surface area contributed by atoms with E-state index in [1.807, 2.05) is 6.92 Å². The van der Waals surface area contributed by atoms with Crippen molar-refractivity contribution in [2.45, 2.75) is 25.5 Å². The lowest BCUT2D eigenvalue weighted by molar-refractivity contribution is -0.128. The molecule has 2 heterocycles. The normalized spacial score (nSPS) is 29.6. The van der Waals surface area contributed by atoms with Crippen LogP contribution in [0.15, 0.2) is 11.6 Å². The Bertz CT molecular complexity index is 304. The second-order valence-electron chi connectivity index (χ2n) is 4.54. The monoisotopic (exact) mass is 239 g/mol. The van der Waals surface area contributed by atoms with E-state index in [9.17, 15) is 4.79 Å². The maximum Gasteiger partial charge on any atom is 0.240 e. The van der Waals surface area contributed by atoms with Gasteiger partial charge in [-0.1, -0.05) is 11.6 Å². The lowest BCUT2D eigenvalue weighted by atomic mass is 10.1. The van der Waals surface area contributed by atoms with Crippen molar-refractivity contribution in [2.75, 3.05) is 32.8 Å². The minimum Gasteiger partial charge on any atom is -0.375 e. The third-order valence-corrected chi connectivity index (χ3v) is 3.25. The van der Waals surface area contributed by atoms with Gasteiger partial charge in [0.1, 0.15) is 6.04 Å². The Balaban J connectivity index is 1.78. The molecule has 2 aliphatic rings. The van der Waals surface area contributed by atoms with Crippen molar-refractivity contribution in [1.29, 1.82) is 0 Å². The lowest BCUT2D eigenvalue weighted by Gasteiger charge is -2.29. The van der Waals surface area contributed by atoms with E-state index < -0.39 is 0 Å². The Morgan fingerprint density at radius 3 is 3.18 bits per heavy atom. The van der Waals surface area contributed by atoms with E-state index >= 15 is 0 Å². The number of amides is 1. The minimum absolute atomic E-state index is 0.0385. The van der Waals surface area contributed by atoms with Gasteiger partial charge in [0.05, 0.1) is 12.7 Å². The first-order valence-corrected chi connectivity index (χ1v) is 6.28. The van der Waals surface area contributed by atoms with Crippen LogP contribution in [0, 0.1) is 0 Å². The molecule has 2 rings (SSSR count). The van der Waals surface area contributed by atoms with Crippen LogP contribution in [-0.2, 0) is 9.53 Å². The summed E-state index contributed by atoms with van der Waals surface area (Å²) in [6.07, 6.45) is 3.12. The van der Waals surface area contributed by atoms with Gasteiger partial charge in [-0.2, -0.15) is 0 Å². The van der Waals surface area contributed by atoms with E-state index in [4.69, 9.17) is 4.74 Å². The van der Waals surface area contributed by atoms with E-state index in [0.717, 1.165) is 26.1 Å². The first-order valence-electron chi connectivity index (χ1n) is 6.28. The van der Waals surface area contributed by atoms with E-state index in [0.29, 0.717) is 13.2 Å². The lowest BCUT2D eigenvalue weighted by Crippen LogP contribution is -2.55. The molecule has 2 aliphatic heterocycles. The summed E-state index contributed by atoms with van der Waals surface area (Å²) in [5.74, 6) is 0.0385. The summed E-state index contributed by atoms with van der Waals surface area (Å²) in [5, 5.41) is 9.41. The summed E-state index contributed by atoms with van der Waals surface area (Å²) in [4.78, 5) is 12.0. The van der Waals surface area contributed by atoms with Crippen LogP contribution in [0.2, 0.25) is 0 Å². The zero-order valence-corrected chi connectivity index (χ0v) is 10.3. The molecule has 3 N–H and O–H groups in total. The van der Waals surface area contributed by atoms with Crippen LogP contribution in [0.25, 0.3) is 0 Å². The maximum absolute atomic E-state index is 12.0. The van der Waals surface area contributed by atoms with Crippen molar-refractivity contribution in [1.82, 2.24) is 16.0 Å². The molecule has 96 valence electrons. The second-order valence-corrected chi connectivity index (χ2v) is 4.54. The Kier molecular flexibility index (Phi) is 4.53. The van der Waals surface area contributed by atoms with Crippen LogP contribution in [0.1, 0.15) is 13.3 Å². The summed E-state index contributed by atoms with van der Waals surface area (Å²) < 4.78 is 5.46. The van der Waals surface area contributed by atoms with Gasteiger partial charge in [0.15, 0.2) is 0 Å². The number of rotatable bonds is 3. The van der Waals surface area contributed by atoms with Gasteiger partial charge in [0.2, 0.25) is 5.91 Å². The Morgan fingerprint density at radius 1 is 1.59 bits per heavy atom. The summed E-state index contributed by atoms with van der Waals surface area (Å²) in [6.45, 7) is 5.93. The van der Waals surface area contributed by atoms with Crippen LogP contribution in [-0.4, -0.2) is 50.8 Å². The van der Waals surface area contributed by atoms with Crippen molar-refractivity contribution >= 4 is 5.91 Å². The molecule has 1 amide bonds. The van der Waals surface area contributed by atoms with Crippen LogP contribution in [0.4, 0.5) is 0 Å². The summed E-state index contributed by atoms with van der Waals surface area (Å²) >= 11 is 0. The predicted octanol–water partition coefficient (Wildman–Crippen LogP) is -0.601. The van der Waals surface area contributed by atoms with E-state index in [1.54, 1.807) is 0 Å². The number of carbonyl (C=O) groups is 1. The topological polar surface area (TPSA) is 62.4 Å². The summed E-state index contributed by atoms with van der Waals surface area (Å²) in [6, 6.07) is -0.217. The maximum atomic E-state index is 12.0. The number of hydrogen-bond donors (Lipinski definition) is 3. The molecule has 0 radical (unpaired) electrons. The van der Waals surface area contributed by atoms with Crippen molar-refractivity contribution < 1.29 is 9.53 Å². The van der Waals surface area contributed by atoms with Crippen LogP contribution < -0.4 is 16.0 Å². The van der Waals surface area contributed by atoms with Crippen molar-refractivity contribution in [2.24, 2.45) is 0 Å². The molecule has 2 atom stereocenters. The van der Waals surface area contributed by atoms with Crippen LogP contribution in [0.3, 0.4) is 0 Å². The highest BCUT2D eigenvalue weighted by Gasteiger charge is 2.27. The highest BCUT2D eigenvalue weighted by Crippen LogP contribution is 2.06. The highest BCUT2D eigenvalue weighted by molar-refractivity contribution is 5.82. The quantitative estimate of drug-likeness (QED) is 0.576. The highest BCUT2D eigenvalue weighted by atomic mass is 16.5. The fourth-order valence-electron chi connectivity index (χ4n) is 2.17. The third kappa shape index (κ3) is 3.52. The first kappa shape index (κ1) is 12.5. The zero-order valence-electron chi connectivity index (χ0n) is 10.3. The Labute approximate surface area is 102 Å². The number of hydrogen-bond acceptors (Lipinski definition) is 4. The van der Waals surface area contributed by atoms with Gasteiger partial charge >= 0.3 is 0 Å². The molecule has 1 saturated heterocycles. The molecule has 0 aromatic carbocycles. The average molecular weight is 239 g/mol. The molecule has 0 saturated carbocycles. The van der Waals surface area contributed by atoms with Crippen LogP contribution in [0.5, 0.6) is 0 Å². The van der Waals surface area contributed by atoms with Gasteiger partial charge in [0, 0.05) is 19.6 Å². The minimum atomic E-state index is -0.217. The standard InChI is InChI=1S/C12H21N3O2/c1-9-11(14-6-7-17-9)12(16)15-8-10-2-4-13-5-3-10/h2,9,11,13-14H,3-8H2,1H3,(H,15,16)/t9-,11+/m1/s1. The fourth-order valence-corrected chi connectivity index (χ4v) is 2.17.